The zero-order valence-electron chi connectivity index (χ0n) is 12.2. The molecule has 1 aliphatic heterocycles. The highest BCUT2D eigenvalue weighted by Gasteiger charge is 2.37. The second-order valence-corrected chi connectivity index (χ2v) is 5.59. The highest BCUT2D eigenvalue weighted by atomic mass is 16.5. The first-order valence-corrected chi connectivity index (χ1v) is 6.55. The van der Waals surface area contributed by atoms with E-state index in [1.807, 2.05) is 0 Å². The summed E-state index contributed by atoms with van der Waals surface area (Å²) >= 11 is 0. The number of carboxylic acid groups (broad SMARTS) is 1. The van der Waals surface area contributed by atoms with Gasteiger partial charge < -0.3 is 19.6 Å². The normalized spacial score (nSPS) is 17.4. The second-order valence-electron chi connectivity index (χ2n) is 5.59. The van der Waals surface area contributed by atoms with Crippen LogP contribution in [0.25, 0.3) is 0 Å². The van der Waals surface area contributed by atoms with Gasteiger partial charge in [0.2, 0.25) is 0 Å². The molecule has 0 bridgehead atoms. The lowest BCUT2D eigenvalue weighted by atomic mass is 9.98. The van der Waals surface area contributed by atoms with E-state index in [9.17, 15) is 9.59 Å². The van der Waals surface area contributed by atoms with Crippen LogP contribution in [0, 0.1) is 5.92 Å². The molecule has 1 heterocycles. The molecule has 0 aromatic carbocycles. The van der Waals surface area contributed by atoms with Crippen LogP contribution < -0.4 is 0 Å². The summed E-state index contributed by atoms with van der Waals surface area (Å²) in [6.45, 7) is 5.11. The lowest BCUT2D eigenvalue weighted by Crippen LogP contribution is -2.56. The van der Waals surface area contributed by atoms with Gasteiger partial charge in [-0.15, -0.1) is 0 Å². The Kier molecular flexibility index (Phi) is 5.17. The SMILES string of the molecule is COCC1CCN(C(=O)N(C)C(C)(C)C(=O)O)CC1. The van der Waals surface area contributed by atoms with Crippen molar-refractivity contribution in [3.05, 3.63) is 0 Å². The Morgan fingerprint density at radius 3 is 2.32 bits per heavy atom. The molecule has 0 aromatic heterocycles. The number of carboxylic acids is 1. The van der Waals surface area contributed by atoms with Crippen molar-refractivity contribution in [3.8, 4) is 0 Å². The fourth-order valence-corrected chi connectivity index (χ4v) is 2.12. The highest BCUT2D eigenvalue weighted by Crippen LogP contribution is 2.21. The van der Waals surface area contributed by atoms with Gasteiger partial charge in [-0.1, -0.05) is 0 Å². The zero-order chi connectivity index (χ0) is 14.6. The van der Waals surface area contributed by atoms with Gasteiger partial charge in [-0.25, -0.2) is 9.59 Å². The van der Waals surface area contributed by atoms with Gasteiger partial charge >= 0.3 is 12.0 Å². The Morgan fingerprint density at radius 2 is 1.89 bits per heavy atom. The van der Waals surface area contributed by atoms with Crippen molar-refractivity contribution >= 4 is 12.0 Å². The number of piperidine rings is 1. The molecule has 0 aliphatic carbocycles. The predicted molar refractivity (Wildman–Crippen MR) is 71.0 cm³/mol. The molecule has 0 aromatic rings. The smallest absolute Gasteiger partial charge is 0.329 e. The topological polar surface area (TPSA) is 70.1 Å². The van der Waals surface area contributed by atoms with Gasteiger partial charge in [-0.05, 0) is 32.6 Å². The number of carbonyl (C=O) groups excluding carboxylic acids is 1. The fraction of sp³-hybridized carbons (Fsp3) is 0.846. The van der Waals surface area contributed by atoms with Crippen LogP contribution in [0.4, 0.5) is 4.79 Å². The van der Waals surface area contributed by atoms with Gasteiger partial charge in [0.25, 0.3) is 0 Å². The molecule has 0 atom stereocenters. The number of carbonyl (C=O) groups is 2. The number of methoxy groups -OCH3 is 1. The molecular weight excluding hydrogens is 248 g/mol. The molecule has 2 amide bonds. The average Bonchev–Trinajstić information content (AvgIpc) is 2.38. The summed E-state index contributed by atoms with van der Waals surface area (Å²) in [6.07, 6.45) is 1.81. The summed E-state index contributed by atoms with van der Waals surface area (Å²) < 4.78 is 5.12. The standard InChI is InChI=1S/C13H24N2O4/c1-13(2,11(16)17)14(3)12(18)15-7-5-10(6-8-15)9-19-4/h10H,5-9H2,1-4H3,(H,16,17). The highest BCUT2D eigenvalue weighted by molar-refractivity contribution is 5.85. The molecule has 1 aliphatic rings. The Morgan fingerprint density at radius 1 is 1.37 bits per heavy atom. The molecule has 19 heavy (non-hydrogen) atoms. The number of urea groups is 1. The molecule has 6 heteroatoms. The van der Waals surface area contributed by atoms with E-state index in [1.54, 1.807) is 12.0 Å². The molecule has 1 N–H and O–H groups in total. The quantitative estimate of drug-likeness (QED) is 0.836. The first-order valence-electron chi connectivity index (χ1n) is 6.55. The number of likely N-dealkylation sites (N-methyl/N-ethyl adjacent to an activating group) is 1. The monoisotopic (exact) mass is 272 g/mol. The summed E-state index contributed by atoms with van der Waals surface area (Å²) in [4.78, 5) is 26.4. The third kappa shape index (κ3) is 3.59. The molecule has 110 valence electrons. The number of nitrogens with zero attached hydrogens (tertiary/aromatic N) is 2. The third-order valence-corrected chi connectivity index (χ3v) is 3.94. The minimum absolute atomic E-state index is 0.219. The number of amides is 2. The van der Waals surface area contributed by atoms with Gasteiger partial charge in [0, 0.05) is 33.9 Å². The third-order valence-electron chi connectivity index (χ3n) is 3.94. The molecule has 0 saturated carbocycles. The molecule has 1 fully saturated rings. The van der Waals surface area contributed by atoms with Gasteiger partial charge in [-0.2, -0.15) is 0 Å². The Balaban J connectivity index is 2.58. The van der Waals surface area contributed by atoms with Crippen molar-refractivity contribution in [2.75, 3.05) is 33.9 Å². The summed E-state index contributed by atoms with van der Waals surface area (Å²) in [7, 11) is 3.22. The summed E-state index contributed by atoms with van der Waals surface area (Å²) in [5.41, 5.74) is -1.19. The maximum absolute atomic E-state index is 12.3. The number of hydrogen-bond acceptors (Lipinski definition) is 3. The van der Waals surface area contributed by atoms with Crippen LogP contribution in [0.3, 0.4) is 0 Å². The van der Waals surface area contributed by atoms with Crippen LogP contribution in [0.15, 0.2) is 0 Å². The molecule has 1 saturated heterocycles. The molecular formula is C13H24N2O4. The van der Waals surface area contributed by atoms with Crippen molar-refractivity contribution in [3.63, 3.8) is 0 Å². The van der Waals surface area contributed by atoms with E-state index in [0.29, 0.717) is 19.0 Å². The number of likely N-dealkylation sites (tertiary alicyclic amines) is 1. The Hall–Kier alpha value is -1.30. The summed E-state index contributed by atoms with van der Waals surface area (Å²) in [5, 5.41) is 9.14. The predicted octanol–water partition coefficient (Wildman–Crippen LogP) is 1.26. The van der Waals surface area contributed by atoms with Gasteiger partial charge in [0.05, 0.1) is 0 Å². The van der Waals surface area contributed by atoms with Crippen molar-refractivity contribution in [2.24, 2.45) is 5.92 Å². The maximum Gasteiger partial charge on any atom is 0.329 e. The van der Waals surface area contributed by atoms with Crippen molar-refractivity contribution in [1.82, 2.24) is 9.80 Å². The summed E-state index contributed by atoms with van der Waals surface area (Å²) in [5.74, 6) is -0.510. The average molecular weight is 272 g/mol. The van der Waals surface area contributed by atoms with E-state index in [-0.39, 0.29) is 6.03 Å². The number of hydrogen-bond donors (Lipinski definition) is 1. The lowest BCUT2D eigenvalue weighted by molar-refractivity contribution is -0.147. The molecule has 0 spiro atoms. The minimum Gasteiger partial charge on any atom is -0.480 e. The minimum atomic E-state index is -1.19. The van der Waals surface area contributed by atoms with Crippen molar-refractivity contribution in [2.45, 2.75) is 32.2 Å². The van der Waals surface area contributed by atoms with Crippen LogP contribution in [-0.2, 0) is 9.53 Å². The largest absolute Gasteiger partial charge is 0.480 e. The first kappa shape index (κ1) is 15.8. The van der Waals surface area contributed by atoms with Crippen molar-refractivity contribution < 1.29 is 19.4 Å². The fourth-order valence-electron chi connectivity index (χ4n) is 2.12. The van der Waals surface area contributed by atoms with Crippen LogP contribution in [0.1, 0.15) is 26.7 Å². The molecule has 1 rings (SSSR count). The molecule has 0 radical (unpaired) electrons. The van der Waals surface area contributed by atoms with E-state index in [4.69, 9.17) is 9.84 Å². The van der Waals surface area contributed by atoms with Crippen LogP contribution in [0.5, 0.6) is 0 Å². The lowest BCUT2D eigenvalue weighted by Gasteiger charge is -2.38. The van der Waals surface area contributed by atoms with E-state index in [2.05, 4.69) is 0 Å². The Labute approximate surface area is 114 Å². The Bertz CT molecular complexity index is 336. The molecule has 0 unspecified atom stereocenters. The van der Waals surface area contributed by atoms with E-state index < -0.39 is 11.5 Å². The van der Waals surface area contributed by atoms with Gasteiger partial charge in [-0.3, -0.25) is 0 Å². The number of rotatable bonds is 4. The van der Waals surface area contributed by atoms with Gasteiger partial charge in [0.1, 0.15) is 5.54 Å². The number of ether oxygens (including phenoxy) is 1. The van der Waals surface area contributed by atoms with E-state index >= 15 is 0 Å². The maximum atomic E-state index is 12.3. The van der Waals surface area contributed by atoms with Crippen LogP contribution in [-0.4, -0.2) is 66.3 Å². The number of aliphatic carboxylic acids is 1. The molecule has 6 nitrogen and oxygen atoms in total. The van der Waals surface area contributed by atoms with E-state index in [1.165, 1.54) is 25.8 Å². The van der Waals surface area contributed by atoms with Gasteiger partial charge in [0.15, 0.2) is 0 Å². The van der Waals surface area contributed by atoms with Crippen molar-refractivity contribution in [1.29, 1.82) is 0 Å². The first-order chi connectivity index (χ1) is 8.80. The van der Waals surface area contributed by atoms with E-state index in [0.717, 1.165) is 19.4 Å². The summed E-state index contributed by atoms with van der Waals surface area (Å²) in [6, 6.07) is -0.219. The second kappa shape index (κ2) is 6.23. The zero-order valence-corrected chi connectivity index (χ0v) is 12.2. The van der Waals surface area contributed by atoms with Crippen LogP contribution >= 0.6 is 0 Å². The van der Waals surface area contributed by atoms with Crippen LogP contribution in [0.2, 0.25) is 0 Å².